The van der Waals surface area contributed by atoms with Crippen LogP contribution in [0.25, 0.3) is 0 Å². The van der Waals surface area contributed by atoms with Crippen LogP contribution in [0.2, 0.25) is 0 Å². The molecule has 3 heteroatoms. The van der Waals surface area contributed by atoms with Crippen molar-refractivity contribution < 1.29 is 4.74 Å². The summed E-state index contributed by atoms with van der Waals surface area (Å²) in [6.45, 7) is 5.34. The molecule has 0 aromatic heterocycles. The van der Waals surface area contributed by atoms with Crippen molar-refractivity contribution in [3.63, 3.8) is 0 Å². The Labute approximate surface area is 80.2 Å². The minimum atomic E-state index is 0.224. The highest BCUT2D eigenvalue weighted by atomic mass is 16.5. The second-order valence-electron chi connectivity index (χ2n) is 4.23. The van der Waals surface area contributed by atoms with Crippen LogP contribution >= 0.6 is 0 Å². The van der Waals surface area contributed by atoms with Crippen molar-refractivity contribution in [1.82, 2.24) is 4.90 Å². The topological polar surface area (TPSA) is 38.5 Å². The van der Waals surface area contributed by atoms with Gasteiger partial charge in [-0.05, 0) is 25.8 Å². The number of fused-ring (bicyclic) bond motifs is 1. The zero-order chi connectivity index (χ0) is 9.26. The van der Waals surface area contributed by atoms with Crippen LogP contribution in [0.4, 0.5) is 0 Å². The predicted octanol–water partition coefficient (Wildman–Crippen LogP) is 0.587. The van der Waals surface area contributed by atoms with Crippen molar-refractivity contribution in [2.24, 2.45) is 5.73 Å². The largest absolute Gasteiger partial charge is 0.374 e. The number of nitrogens with two attached hydrogens (primary N) is 1. The van der Waals surface area contributed by atoms with Gasteiger partial charge in [0.2, 0.25) is 0 Å². The lowest BCUT2D eigenvalue weighted by atomic mass is 10.1. The van der Waals surface area contributed by atoms with E-state index in [1.165, 1.54) is 19.4 Å². The van der Waals surface area contributed by atoms with E-state index >= 15 is 0 Å². The van der Waals surface area contributed by atoms with Gasteiger partial charge in [0.15, 0.2) is 0 Å². The molecule has 0 aliphatic carbocycles. The molecule has 0 amide bonds. The zero-order valence-electron chi connectivity index (χ0n) is 8.41. The van der Waals surface area contributed by atoms with Crippen LogP contribution in [0.3, 0.4) is 0 Å². The number of rotatable bonds is 2. The van der Waals surface area contributed by atoms with Gasteiger partial charge in [-0.15, -0.1) is 0 Å². The predicted molar refractivity (Wildman–Crippen MR) is 52.6 cm³/mol. The molecule has 13 heavy (non-hydrogen) atoms. The van der Waals surface area contributed by atoms with E-state index in [0.29, 0.717) is 6.04 Å². The molecular formula is C10H20N2O. The van der Waals surface area contributed by atoms with E-state index in [4.69, 9.17) is 10.5 Å². The summed E-state index contributed by atoms with van der Waals surface area (Å²) in [6.07, 6.45) is 3.94. The second-order valence-corrected chi connectivity index (χ2v) is 4.23. The Morgan fingerprint density at radius 2 is 2.46 bits per heavy atom. The fourth-order valence-electron chi connectivity index (χ4n) is 2.36. The monoisotopic (exact) mass is 184 g/mol. The van der Waals surface area contributed by atoms with Crippen LogP contribution in [0, 0.1) is 0 Å². The summed E-state index contributed by atoms with van der Waals surface area (Å²) in [7, 11) is 0. The van der Waals surface area contributed by atoms with Crippen LogP contribution in [0.5, 0.6) is 0 Å². The van der Waals surface area contributed by atoms with Gasteiger partial charge in [-0.25, -0.2) is 0 Å². The van der Waals surface area contributed by atoms with Crippen LogP contribution in [0.1, 0.15) is 26.2 Å². The zero-order valence-corrected chi connectivity index (χ0v) is 8.41. The van der Waals surface area contributed by atoms with Crippen molar-refractivity contribution >= 4 is 0 Å². The van der Waals surface area contributed by atoms with Crippen molar-refractivity contribution in [2.75, 3.05) is 19.7 Å². The Hall–Kier alpha value is -0.120. The third kappa shape index (κ3) is 1.87. The number of nitrogens with zero attached hydrogens (tertiary/aromatic N) is 1. The van der Waals surface area contributed by atoms with Crippen molar-refractivity contribution in [2.45, 2.75) is 44.4 Å². The first kappa shape index (κ1) is 9.44. The molecule has 76 valence electrons. The van der Waals surface area contributed by atoms with Crippen molar-refractivity contribution in [3.05, 3.63) is 0 Å². The average molecular weight is 184 g/mol. The fraction of sp³-hybridized carbons (Fsp3) is 1.00. The van der Waals surface area contributed by atoms with E-state index in [1.54, 1.807) is 0 Å². The van der Waals surface area contributed by atoms with E-state index < -0.39 is 0 Å². The summed E-state index contributed by atoms with van der Waals surface area (Å²) in [4.78, 5) is 2.55. The number of ether oxygens (including phenoxy) is 1. The SMILES string of the molecule is CC[C@@H](N)C1CN2CCCC2CO1. The Bertz CT molecular complexity index is 174. The molecule has 0 saturated carbocycles. The third-order valence-electron chi connectivity index (χ3n) is 3.37. The maximum Gasteiger partial charge on any atom is 0.0853 e. The fourth-order valence-corrected chi connectivity index (χ4v) is 2.36. The molecule has 2 unspecified atom stereocenters. The molecule has 3 nitrogen and oxygen atoms in total. The van der Waals surface area contributed by atoms with E-state index in [9.17, 15) is 0 Å². The Kier molecular flexibility index (Phi) is 2.86. The Balaban J connectivity index is 1.89. The van der Waals surface area contributed by atoms with E-state index in [2.05, 4.69) is 11.8 Å². The number of hydrogen-bond acceptors (Lipinski definition) is 3. The van der Waals surface area contributed by atoms with Gasteiger partial charge in [0, 0.05) is 18.6 Å². The molecule has 2 heterocycles. The standard InChI is InChI=1S/C10H20N2O/c1-2-9(11)10-6-12-5-3-4-8(12)7-13-10/h8-10H,2-7,11H2,1H3/t8?,9-,10?/m1/s1. The van der Waals surface area contributed by atoms with Gasteiger partial charge in [-0.3, -0.25) is 4.90 Å². The first-order chi connectivity index (χ1) is 6.31. The summed E-state index contributed by atoms with van der Waals surface area (Å²) < 4.78 is 5.78. The molecule has 2 aliphatic heterocycles. The molecule has 0 bridgehead atoms. The normalized spacial score (nSPS) is 37.4. The number of hydrogen-bond donors (Lipinski definition) is 1. The third-order valence-corrected chi connectivity index (χ3v) is 3.37. The lowest BCUT2D eigenvalue weighted by molar-refractivity contribution is -0.0594. The number of morpholine rings is 1. The highest BCUT2D eigenvalue weighted by Gasteiger charge is 2.33. The molecule has 0 spiro atoms. The molecule has 0 radical (unpaired) electrons. The molecule has 2 rings (SSSR count). The van der Waals surface area contributed by atoms with Gasteiger partial charge in [0.05, 0.1) is 12.7 Å². The van der Waals surface area contributed by atoms with Crippen LogP contribution in [-0.2, 0) is 4.74 Å². The molecule has 2 saturated heterocycles. The molecule has 2 fully saturated rings. The van der Waals surface area contributed by atoms with Gasteiger partial charge >= 0.3 is 0 Å². The van der Waals surface area contributed by atoms with Gasteiger partial charge in [0.25, 0.3) is 0 Å². The molecule has 3 atom stereocenters. The maximum absolute atomic E-state index is 5.98. The molecule has 0 aromatic rings. The highest BCUT2D eigenvalue weighted by molar-refractivity contribution is 4.88. The molecular weight excluding hydrogens is 164 g/mol. The average Bonchev–Trinajstić information content (AvgIpc) is 2.63. The smallest absolute Gasteiger partial charge is 0.0853 e. The lowest BCUT2D eigenvalue weighted by Crippen LogP contribution is -2.52. The minimum absolute atomic E-state index is 0.224. The van der Waals surface area contributed by atoms with E-state index in [1.807, 2.05) is 0 Å². The maximum atomic E-state index is 5.98. The van der Waals surface area contributed by atoms with Gasteiger partial charge in [-0.1, -0.05) is 6.92 Å². The summed E-state index contributed by atoms with van der Waals surface area (Å²) in [5, 5.41) is 0. The van der Waals surface area contributed by atoms with Crippen LogP contribution in [-0.4, -0.2) is 42.8 Å². The van der Waals surface area contributed by atoms with Crippen molar-refractivity contribution in [1.29, 1.82) is 0 Å². The molecule has 2 N–H and O–H groups in total. The summed E-state index contributed by atoms with van der Waals surface area (Å²) in [5.41, 5.74) is 5.98. The second kappa shape index (κ2) is 3.95. The van der Waals surface area contributed by atoms with Gasteiger partial charge < -0.3 is 10.5 Å². The first-order valence-corrected chi connectivity index (χ1v) is 5.42. The highest BCUT2D eigenvalue weighted by Crippen LogP contribution is 2.23. The summed E-state index contributed by atoms with van der Waals surface area (Å²) in [5.74, 6) is 0. The summed E-state index contributed by atoms with van der Waals surface area (Å²) >= 11 is 0. The van der Waals surface area contributed by atoms with Crippen molar-refractivity contribution in [3.8, 4) is 0 Å². The quantitative estimate of drug-likeness (QED) is 0.682. The lowest BCUT2D eigenvalue weighted by Gasteiger charge is -2.37. The van der Waals surface area contributed by atoms with Gasteiger partial charge in [0.1, 0.15) is 0 Å². The first-order valence-electron chi connectivity index (χ1n) is 5.42. The Morgan fingerprint density at radius 3 is 3.23 bits per heavy atom. The van der Waals surface area contributed by atoms with E-state index in [-0.39, 0.29) is 12.1 Å². The van der Waals surface area contributed by atoms with E-state index in [0.717, 1.165) is 19.6 Å². The molecule has 2 aliphatic rings. The molecule has 0 aromatic carbocycles. The van der Waals surface area contributed by atoms with Crippen LogP contribution in [0.15, 0.2) is 0 Å². The van der Waals surface area contributed by atoms with Gasteiger partial charge in [-0.2, -0.15) is 0 Å². The van der Waals surface area contributed by atoms with Crippen LogP contribution < -0.4 is 5.73 Å². The Morgan fingerprint density at radius 1 is 1.62 bits per heavy atom. The summed E-state index contributed by atoms with van der Waals surface area (Å²) in [6, 6.07) is 0.918. The minimum Gasteiger partial charge on any atom is -0.374 e.